The molecule has 22 heavy (non-hydrogen) atoms. The predicted octanol–water partition coefficient (Wildman–Crippen LogP) is 2.32. The number of aromatic nitrogens is 3. The highest BCUT2D eigenvalue weighted by Crippen LogP contribution is 2.30. The lowest BCUT2D eigenvalue weighted by Crippen LogP contribution is -2.12. The van der Waals surface area contributed by atoms with Crippen molar-refractivity contribution in [3.05, 3.63) is 28.9 Å². The molecule has 0 spiro atoms. The van der Waals surface area contributed by atoms with Crippen molar-refractivity contribution >= 4 is 5.91 Å². The lowest BCUT2D eigenvalue weighted by Gasteiger charge is -1.87. The molecule has 3 aromatic heterocycles. The number of oxazole rings is 3. The predicted molar refractivity (Wildman–Crippen MR) is 75.0 cm³/mol. The van der Waals surface area contributed by atoms with Gasteiger partial charge in [0.05, 0.1) is 0 Å². The quantitative estimate of drug-likeness (QED) is 0.787. The fourth-order valence-corrected chi connectivity index (χ4v) is 2.15. The van der Waals surface area contributed by atoms with Gasteiger partial charge in [-0.2, -0.15) is 0 Å². The van der Waals surface area contributed by atoms with Crippen molar-refractivity contribution < 1.29 is 18.0 Å². The summed E-state index contributed by atoms with van der Waals surface area (Å²) in [6.07, 6.45) is 0. The van der Waals surface area contributed by atoms with Crippen LogP contribution in [0.25, 0.3) is 23.2 Å². The fraction of sp³-hybridized carbons (Fsp3) is 0.286. The Hall–Kier alpha value is -2.90. The van der Waals surface area contributed by atoms with Gasteiger partial charge < -0.3 is 19.0 Å². The van der Waals surface area contributed by atoms with Crippen LogP contribution in [0.15, 0.2) is 13.3 Å². The summed E-state index contributed by atoms with van der Waals surface area (Å²) in [5.41, 5.74) is 6.22. The molecule has 0 fully saturated rings. The van der Waals surface area contributed by atoms with E-state index in [-0.39, 0.29) is 11.6 Å². The van der Waals surface area contributed by atoms with Crippen LogP contribution in [0.3, 0.4) is 0 Å². The molecule has 0 bridgehead atoms. The number of carbonyl (C=O) groups excluding carboxylic acids is 1. The van der Waals surface area contributed by atoms with Crippen LogP contribution in [0.5, 0.6) is 0 Å². The van der Waals surface area contributed by atoms with E-state index in [0.717, 1.165) is 0 Å². The van der Waals surface area contributed by atoms with E-state index in [1.165, 1.54) is 0 Å². The number of primary amides is 1. The Bertz CT molecular complexity index is 872. The topological polar surface area (TPSA) is 121 Å². The number of carbonyl (C=O) groups is 1. The highest BCUT2D eigenvalue weighted by atomic mass is 16.4. The highest BCUT2D eigenvalue weighted by Gasteiger charge is 2.23. The van der Waals surface area contributed by atoms with Crippen molar-refractivity contribution in [1.82, 2.24) is 15.0 Å². The molecule has 0 saturated heterocycles. The summed E-state index contributed by atoms with van der Waals surface area (Å²) in [4.78, 5) is 23.9. The Balaban J connectivity index is 2.08. The molecule has 0 aromatic carbocycles. The Morgan fingerprint density at radius 2 is 1.36 bits per heavy atom. The van der Waals surface area contributed by atoms with E-state index >= 15 is 0 Å². The molecule has 0 aliphatic rings. The number of aryl methyl sites for hydroxylation is 4. The Kier molecular flexibility index (Phi) is 3.09. The summed E-state index contributed by atoms with van der Waals surface area (Å²) in [5, 5.41) is 0. The van der Waals surface area contributed by atoms with Crippen LogP contribution in [0.2, 0.25) is 0 Å². The van der Waals surface area contributed by atoms with Crippen molar-refractivity contribution in [2.75, 3.05) is 0 Å². The molecule has 2 N–H and O–H groups in total. The summed E-state index contributed by atoms with van der Waals surface area (Å²) in [5.74, 6) is 1.78. The average Bonchev–Trinajstić information content (AvgIpc) is 3.07. The van der Waals surface area contributed by atoms with Crippen molar-refractivity contribution in [2.24, 2.45) is 5.73 Å². The second-order valence-electron chi connectivity index (χ2n) is 4.85. The Morgan fingerprint density at radius 3 is 1.91 bits per heavy atom. The number of hydrogen-bond acceptors (Lipinski definition) is 7. The first-order valence-electron chi connectivity index (χ1n) is 6.56. The fourth-order valence-electron chi connectivity index (χ4n) is 2.15. The normalized spacial score (nSPS) is 11.1. The molecule has 1 amide bonds. The molecule has 0 saturated carbocycles. The maximum absolute atomic E-state index is 11.3. The lowest BCUT2D eigenvalue weighted by molar-refractivity contribution is 0.0994. The summed E-state index contributed by atoms with van der Waals surface area (Å²) in [6.45, 7) is 6.84. The van der Waals surface area contributed by atoms with E-state index in [4.69, 9.17) is 19.0 Å². The molecule has 0 aliphatic carbocycles. The average molecular weight is 302 g/mol. The second-order valence-corrected chi connectivity index (χ2v) is 4.85. The number of nitrogens with two attached hydrogens (primary N) is 1. The molecule has 0 aliphatic heterocycles. The zero-order valence-corrected chi connectivity index (χ0v) is 12.6. The van der Waals surface area contributed by atoms with E-state index in [1.807, 2.05) is 0 Å². The number of amides is 1. The summed E-state index contributed by atoms with van der Waals surface area (Å²) in [6, 6.07) is 0. The Morgan fingerprint density at radius 1 is 0.818 bits per heavy atom. The molecule has 0 unspecified atom stereocenters. The lowest BCUT2D eigenvalue weighted by atomic mass is 10.3. The maximum atomic E-state index is 11.3. The molecule has 3 rings (SSSR count). The largest absolute Gasteiger partial charge is 0.445 e. The molecular weight excluding hydrogens is 288 g/mol. The van der Waals surface area contributed by atoms with Gasteiger partial charge in [0.1, 0.15) is 17.3 Å². The van der Waals surface area contributed by atoms with E-state index in [2.05, 4.69) is 15.0 Å². The molecule has 3 aromatic rings. The van der Waals surface area contributed by atoms with Crippen molar-refractivity contribution in [2.45, 2.75) is 27.7 Å². The molecule has 0 atom stereocenters. The first kappa shape index (κ1) is 14.1. The van der Waals surface area contributed by atoms with Crippen molar-refractivity contribution in [3.63, 3.8) is 0 Å². The molecular formula is C14H14N4O4. The second kappa shape index (κ2) is 4.83. The highest BCUT2D eigenvalue weighted by molar-refractivity contribution is 5.92. The van der Waals surface area contributed by atoms with Crippen LogP contribution < -0.4 is 5.73 Å². The first-order chi connectivity index (χ1) is 10.4. The SMILES string of the molecule is Cc1nc(-c2nc(-c3nc(C(N)=O)c(C)o3)c(C)o2)c(C)o1. The molecule has 0 radical (unpaired) electrons. The number of rotatable bonds is 3. The van der Waals surface area contributed by atoms with E-state index in [1.54, 1.807) is 27.7 Å². The van der Waals surface area contributed by atoms with Crippen LogP contribution in [-0.4, -0.2) is 20.9 Å². The smallest absolute Gasteiger partial charge is 0.270 e. The molecule has 8 heteroatoms. The molecule has 8 nitrogen and oxygen atoms in total. The number of nitrogens with zero attached hydrogens (tertiary/aromatic N) is 3. The van der Waals surface area contributed by atoms with Gasteiger partial charge in [-0.25, -0.2) is 15.0 Å². The van der Waals surface area contributed by atoms with Gasteiger partial charge in [0.25, 0.3) is 5.91 Å². The molecule has 114 valence electrons. The van der Waals surface area contributed by atoms with E-state index in [9.17, 15) is 4.79 Å². The van der Waals surface area contributed by atoms with Crippen molar-refractivity contribution in [1.29, 1.82) is 0 Å². The van der Waals surface area contributed by atoms with Gasteiger partial charge >= 0.3 is 0 Å². The van der Waals surface area contributed by atoms with Gasteiger partial charge in [-0.05, 0) is 20.8 Å². The maximum Gasteiger partial charge on any atom is 0.270 e. The number of hydrogen-bond donors (Lipinski definition) is 1. The minimum Gasteiger partial charge on any atom is -0.445 e. The van der Waals surface area contributed by atoms with Gasteiger partial charge in [0.15, 0.2) is 23.0 Å². The van der Waals surface area contributed by atoms with Gasteiger partial charge in [-0.15, -0.1) is 0 Å². The summed E-state index contributed by atoms with van der Waals surface area (Å²) in [7, 11) is 0. The molecule has 3 heterocycles. The van der Waals surface area contributed by atoms with Crippen LogP contribution >= 0.6 is 0 Å². The van der Waals surface area contributed by atoms with Gasteiger partial charge in [-0.1, -0.05) is 0 Å². The third-order valence-electron chi connectivity index (χ3n) is 3.14. The summed E-state index contributed by atoms with van der Waals surface area (Å²) >= 11 is 0. The van der Waals surface area contributed by atoms with Gasteiger partial charge in [0.2, 0.25) is 11.8 Å². The zero-order chi connectivity index (χ0) is 16.0. The Labute approximate surface area is 125 Å². The van der Waals surface area contributed by atoms with Crippen molar-refractivity contribution in [3.8, 4) is 23.2 Å². The minimum atomic E-state index is -0.656. The third-order valence-corrected chi connectivity index (χ3v) is 3.14. The minimum absolute atomic E-state index is 0.0763. The van der Waals surface area contributed by atoms with E-state index in [0.29, 0.717) is 40.5 Å². The monoisotopic (exact) mass is 302 g/mol. The van der Waals surface area contributed by atoms with E-state index < -0.39 is 5.91 Å². The van der Waals surface area contributed by atoms with Gasteiger partial charge in [-0.3, -0.25) is 4.79 Å². The van der Waals surface area contributed by atoms with Crippen LogP contribution in [0, 0.1) is 27.7 Å². The zero-order valence-electron chi connectivity index (χ0n) is 12.6. The first-order valence-corrected chi connectivity index (χ1v) is 6.56. The van der Waals surface area contributed by atoms with Crippen LogP contribution in [0.4, 0.5) is 0 Å². The third kappa shape index (κ3) is 2.18. The standard InChI is InChI=1S/C14H14N4O4/c1-5-9(12(15)19)17-14(21-5)11-7(3)22-13(18-11)10-6(2)20-8(4)16-10/h1-4H3,(H2,15,19). The summed E-state index contributed by atoms with van der Waals surface area (Å²) < 4.78 is 16.4. The van der Waals surface area contributed by atoms with Crippen LogP contribution in [0.1, 0.15) is 33.7 Å². The van der Waals surface area contributed by atoms with Gasteiger partial charge in [0, 0.05) is 6.92 Å². The van der Waals surface area contributed by atoms with Crippen LogP contribution in [-0.2, 0) is 0 Å².